The molecule has 0 bridgehead atoms. The highest BCUT2D eigenvalue weighted by Crippen LogP contribution is 2.26. The number of aliphatic carboxylic acids is 1. The number of hydroxylamine groups is 2. The fraction of sp³-hybridized carbons (Fsp3) is 0.409. The van der Waals surface area contributed by atoms with Crippen LogP contribution in [-0.2, 0) is 9.63 Å². The summed E-state index contributed by atoms with van der Waals surface area (Å²) in [7, 11) is 0. The number of carboxylic acid groups (broad SMARTS) is 1. The summed E-state index contributed by atoms with van der Waals surface area (Å²) in [4.78, 5) is 16.2. The van der Waals surface area contributed by atoms with Gasteiger partial charge in [0.05, 0.1) is 12.5 Å². The molecule has 27 heavy (non-hydrogen) atoms. The predicted molar refractivity (Wildman–Crippen MR) is 105 cm³/mol. The van der Waals surface area contributed by atoms with Gasteiger partial charge in [0, 0.05) is 18.7 Å². The number of rotatable bonds is 5. The van der Waals surface area contributed by atoms with E-state index in [0.717, 1.165) is 25.3 Å². The van der Waals surface area contributed by atoms with Crippen LogP contribution >= 0.6 is 0 Å². The molecule has 5 heteroatoms. The molecule has 0 amide bonds. The summed E-state index contributed by atoms with van der Waals surface area (Å²) < 4.78 is 14.0. The molecule has 1 unspecified atom stereocenters. The fourth-order valence-corrected chi connectivity index (χ4v) is 2.97. The monoisotopic (exact) mass is 373 g/mol. The second kappa shape index (κ2) is 10.8. The summed E-state index contributed by atoms with van der Waals surface area (Å²) in [6.07, 6.45) is 3.99. The average Bonchev–Trinajstić information content (AvgIpc) is 2.69. The van der Waals surface area contributed by atoms with Crippen molar-refractivity contribution in [2.24, 2.45) is 0 Å². The zero-order chi connectivity index (χ0) is 19.6. The van der Waals surface area contributed by atoms with Crippen LogP contribution in [0.4, 0.5) is 4.39 Å². The van der Waals surface area contributed by atoms with Crippen molar-refractivity contribution < 1.29 is 19.1 Å². The fourth-order valence-electron chi connectivity index (χ4n) is 2.97. The molecule has 1 fully saturated rings. The molecule has 4 nitrogen and oxygen atoms in total. The minimum absolute atomic E-state index is 0.396. The van der Waals surface area contributed by atoms with Gasteiger partial charge >= 0.3 is 5.97 Å². The van der Waals surface area contributed by atoms with E-state index >= 15 is 0 Å². The van der Waals surface area contributed by atoms with Crippen molar-refractivity contribution in [3.8, 4) is 11.1 Å². The van der Waals surface area contributed by atoms with E-state index in [9.17, 15) is 9.18 Å². The summed E-state index contributed by atoms with van der Waals surface area (Å²) in [6.45, 7) is 6.66. The number of piperidine rings is 1. The molecule has 2 aromatic carbocycles. The number of carbonyl (C=O) groups is 1. The summed E-state index contributed by atoms with van der Waals surface area (Å²) in [5, 5.41) is 11.0. The van der Waals surface area contributed by atoms with Gasteiger partial charge in [0.15, 0.2) is 0 Å². The maximum absolute atomic E-state index is 14.0. The maximum atomic E-state index is 14.0. The first kappa shape index (κ1) is 21.1. The van der Waals surface area contributed by atoms with E-state index in [1.54, 1.807) is 19.1 Å². The Morgan fingerprint density at radius 1 is 1.15 bits per heavy atom. The first-order valence-electron chi connectivity index (χ1n) is 9.48. The number of hydrogen-bond donors (Lipinski definition) is 1. The van der Waals surface area contributed by atoms with Crippen LogP contribution in [0.1, 0.15) is 44.6 Å². The number of nitrogens with zero attached hydrogens (tertiary/aromatic N) is 1. The second-order valence-electron chi connectivity index (χ2n) is 6.57. The summed E-state index contributed by atoms with van der Waals surface area (Å²) in [5.41, 5.74) is 1.74. The smallest absolute Gasteiger partial charge is 0.310 e. The molecule has 1 atom stereocenters. The lowest BCUT2D eigenvalue weighted by Crippen LogP contribution is -2.29. The largest absolute Gasteiger partial charge is 0.481 e. The standard InChI is InChI=1S/C15H13FO2.C7H15NO/c1-10(15(17)18)12-7-8-13(14(16)9-12)11-5-3-2-4-6-11;1-2-9-8-6-4-3-5-7-8/h2-10H,1H3,(H,17,18);2-7H2,1H3. The van der Waals surface area contributed by atoms with E-state index in [2.05, 4.69) is 5.06 Å². The Morgan fingerprint density at radius 2 is 1.81 bits per heavy atom. The second-order valence-corrected chi connectivity index (χ2v) is 6.57. The van der Waals surface area contributed by atoms with Crippen molar-refractivity contribution in [3.63, 3.8) is 0 Å². The predicted octanol–water partition coefficient (Wildman–Crippen LogP) is 5.10. The Labute approximate surface area is 160 Å². The van der Waals surface area contributed by atoms with Gasteiger partial charge in [-0.15, -0.1) is 0 Å². The molecule has 1 N–H and O–H groups in total. The topological polar surface area (TPSA) is 49.8 Å². The summed E-state index contributed by atoms with van der Waals surface area (Å²) >= 11 is 0. The number of halogens is 1. The van der Waals surface area contributed by atoms with Crippen LogP contribution in [0.3, 0.4) is 0 Å². The SMILES string of the molecule is CC(C(=O)O)c1ccc(-c2ccccc2)c(F)c1.CCON1CCCCC1. The highest BCUT2D eigenvalue weighted by molar-refractivity contribution is 5.76. The van der Waals surface area contributed by atoms with Crippen molar-refractivity contribution in [3.05, 3.63) is 59.9 Å². The van der Waals surface area contributed by atoms with E-state index in [4.69, 9.17) is 9.94 Å². The quantitative estimate of drug-likeness (QED) is 0.792. The first-order valence-corrected chi connectivity index (χ1v) is 9.48. The van der Waals surface area contributed by atoms with Gasteiger partial charge in [-0.2, -0.15) is 5.06 Å². The third-order valence-corrected chi connectivity index (χ3v) is 4.58. The van der Waals surface area contributed by atoms with E-state index in [0.29, 0.717) is 11.1 Å². The lowest BCUT2D eigenvalue weighted by atomic mass is 9.97. The molecule has 1 saturated heterocycles. The van der Waals surface area contributed by atoms with Crippen molar-refractivity contribution >= 4 is 5.97 Å². The Morgan fingerprint density at radius 3 is 2.37 bits per heavy atom. The van der Waals surface area contributed by atoms with Crippen molar-refractivity contribution in [1.29, 1.82) is 0 Å². The van der Waals surface area contributed by atoms with Crippen LogP contribution in [0.2, 0.25) is 0 Å². The Kier molecular flexibility index (Phi) is 8.43. The number of benzene rings is 2. The molecule has 0 aliphatic carbocycles. The van der Waals surface area contributed by atoms with E-state index < -0.39 is 17.7 Å². The molecular weight excluding hydrogens is 345 g/mol. The van der Waals surface area contributed by atoms with Gasteiger partial charge in [0.2, 0.25) is 0 Å². The highest BCUT2D eigenvalue weighted by Gasteiger charge is 2.15. The molecule has 3 rings (SSSR count). The molecule has 0 aromatic heterocycles. The van der Waals surface area contributed by atoms with E-state index in [1.165, 1.54) is 25.3 Å². The maximum Gasteiger partial charge on any atom is 0.310 e. The molecule has 146 valence electrons. The van der Waals surface area contributed by atoms with E-state index in [1.807, 2.05) is 37.3 Å². The molecule has 0 spiro atoms. The van der Waals surface area contributed by atoms with Crippen LogP contribution in [0.5, 0.6) is 0 Å². The van der Waals surface area contributed by atoms with Gasteiger partial charge in [0.1, 0.15) is 5.82 Å². The molecular formula is C22H28FNO3. The zero-order valence-electron chi connectivity index (χ0n) is 16.0. The van der Waals surface area contributed by atoms with Crippen LogP contribution in [0.25, 0.3) is 11.1 Å². The third-order valence-electron chi connectivity index (χ3n) is 4.58. The van der Waals surface area contributed by atoms with Gasteiger partial charge in [0.25, 0.3) is 0 Å². The first-order chi connectivity index (χ1) is 13.0. The van der Waals surface area contributed by atoms with Gasteiger partial charge in [-0.05, 0) is 43.9 Å². The van der Waals surface area contributed by atoms with Crippen molar-refractivity contribution in [2.45, 2.75) is 39.0 Å². The molecule has 1 aliphatic rings. The van der Waals surface area contributed by atoms with Crippen molar-refractivity contribution in [1.82, 2.24) is 5.06 Å². The lowest BCUT2D eigenvalue weighted by molar-refractivity contribution is -0.163. The van der Waals surface area contributed by atoms with Gasteiger partial charge in [-0.25, -0.2) is 4.39 Å². The van der Waals surface area contributed by atoms with Gasteiger partial charge in [-0.1, -0.05) is 48.9 Å². The van der Waals surface area contributed by atoms with Gasteiger partial charge in [-0.3, -0.25) is 9.63 Å². The number of carboxylic acids is 1. The Bertz CT molecular complexity index is 712. The van der Waals surface area contributed by atoms with Crippen LogP contribution in [0.15, 0.2) is 48.5 Å². The molecule has 1 heterocycles. The minimum atomic E-state index is -0.957. The normalized spacial score (nSPS) is 15.5. The lowest BCUT2D eigenvalue weighted by Gasteiger charge is -2.24. The summed E-state index contributed by atoms with van der Waals surface area (Å²) in [5.74, 6) is -2.06. The van der Waals surface area contributed by atoms with E-state index in [-0.39, 0.29) is 0 Å². The Balaban J connectivity index is 0.000000244. The molecule has 0 radical (unpaired) electrons. The summed E-state index contributed by atoms with van der Waals surface area (Å²) in [6, 6.07) is 13.7. The number of hydrogen-bond acceptors (Lipinski definition) is 3. The third kappa shape index (κ3) is 6.45. The van der Waals surface area contributed by atoms with Crippen molar-refractivity contribution in [2.75, 3.05) is 19.7 Å². The highest BCUT2D eigenvalue weighted by atomic mass is 19.1. The van der Waals surface area contributed by atoms with Crippen LogP contribution in [-0.4, -0.2) is 35.8 Å². The average molecular weight is 373 g/mol. The Hall–Kier alpha value is -2.24. The molecule has 1 aliphatic heterocycles. The molecule has 0 saturated carbocycles. The van der Waals surface area contributed by atoms with Crippen LogP contribution < -0.4 is 0 Å². The molecule has 2 aromatic rings. The zero-order valence-corrected chi connectivity index (χ0v) is 16.0. The van der Waals surface area contributed by atoms with Gasteiger partial charge < -0.3 is 5.11 Å². The van der Waals surface area contributed by atoms with Crippen LogP contribution in [0, 0.1) is 5.82 Å². The minimum Gasteiger partial charge on any atom is -0.481 e.